The molecule has 0 atom stereocenters. The molecule has 1 aliphatic rings. The summed E-state index contributed by atoms with van der Waals surface area (Å²) in [4.78, 5) is 13.2. The Kier molecular flexibility index (Phi) is 2.64. The van der Waals surface area contributed by atoms with Crippen LogP contribution < -0.4 is 10.2 Å². The van der Waals surface area contributed by atoms with Crippen LogP contribution in [0.15, 0.2) is 18.2 Å². The standard InChI is InChI=1S/C12H14N4O2/c17-12(18)11-9-2-1-8(7-10(9)14-15-11)16-5-3-13-4-6-16/h1-2,7,13H,3-6H2,(H,14,15)(H,17,18). The number of hydrogen-bond acceptors (Lipinski definition) is 4. The van der Waals surface area contributed by atoms with Crippen molar-refractivity contribution in [2.24, 2.45) is 0 Å². The third-order valence-corrected chi connectivity index (χ3v) is 3.23. The molecule has 0 spiro atoms. The lowest BCUT2D eigenvalue weighted by atomic mass is 10.1. The van der Waals surface area contributed by atoms with E-state index < -0.39 is 5.97 Å². The number of hydrogen-bond donors (Lipinski definition) is 3. The molecule has 0 aliphatic carbocycles. The van der Waals surface area contributed by atoms with Gasteiger partial charge in [-0.25, -0.2) is 4.79 Å². The molecule has 1 aliphatic heterocycles. The number of nitrogens with one attached hydrogen (secondary N) is 2. The van der Waals surface area contributed by atoms with Gasteiger partial charge in [0, 0.05) is 37.3 Å². The molecule has 94 valence electrons. The summed E-state index contributed by atoms with van der Waals surface area (Å²) >= 11 is 0. The van der Waals surface area contributed by atoms with Crippen molar-refractivity contribution in [1.82, 2.24) is 15.5 Å². The van der Waals surface area contributed by atoms with Gasteiger partial charge < -0.3 is 15.3 Å². The summed E-state index contributed by atoms with van der Waals surface area (Å²) in [6.45, 7) is 3.87. The Balaban J connectivity index is 1.98. The first-order valence-electron chi connectivity index (χ1n) is 5.93. The van der Waals surface area contributed by atoms with E-state index in [1.807, 2.05) is 18.2 Å². The number of H-pyrrole nitrogens is 1. The summed E-state index contributed by atoms with van der Waals surface area (Å²) in [7, 11) is 0. The average molecular weight is 246 g/mol. The average Bonchev–Trinajstić information content (AvgIpc) is 2.82. The number of piperazine rings is 1. The normalized spacial score (nSPS) is 16.1. The number of carboxylic acid groups (broad SMARTS) is 1. The molecule has 3 N–H and O–H groups in total. The van der Waals surface area contributed by atoms with Crippen molar-refractivity contribution in [1.29, 1.82) is 0 Å². The number of fused-ring (bicyclic) bond motifs is 1. The summed E-state index contributed by atoms with van der Waals surface area (Å²) in [5, 5.41) is 19.5. The zero-order valence-corrected chi connectivity index (χ0v) is 9.81. The molecular weight excluding hydrogens is 232 g/mol. The molecule has 0 bridgehead atoms. The highest BCUT2D eigenvalue weighted by Gasteiger charge is 2.15. The van der Waals surface area contributed by atoms with Gasteiger partial charge in [0.1, 0.15) is 0 Å². The highest BCUT2D eigenvalue weighted by atomic mass is 16.4. The van der Waals surface area contributed by atoms with Crippen LogP contribution in [0.25, 0.3) is 10.9 Å². The van der Waals surface area contributed by atoms with Crippen LogP contribution in [0.5, 0.6) is 0 Å². The Morgan fingerprint density at radius 1 is 1.33 bits per heavy atom. The largest absolute Gasteiger partial charge is 0.476 e. The van der Waals surface area contributed by atoms with Gasteiger partial charge in [0.25, 0.3) is 0 Å². The van der Waals surface area contributed by atoms with Crippen molar-refractivity contribution in [2.75, 3.05) is 31.1 Å². The monoisotopic (exact) mass is 246 g/mol. The maximum absolute atomic E-state index is 11.0. The second-order valence-electron chi connectivity index (χ2n) is 4.34. The van der Waals surface area contributed by atoms with E-state index >= 15 is 0 Å². The van der Waals surface area contributed by atoms with Crippen molar-refractivity contribution in [2.45, 2.75) is 0 Å². The molecule has 0 amide bonds. The smallest absolute Gasteiger partial charge is 0.357 e. The molecule has 0 unspecified atom stereocenters. The second kappa shape index (κ2) is 4.30. The first-order chi connectivity index (χ1) is 8.75. The molecule has 6 heteroatoms. The van der Waals surface area contributed by atoms with Gasteiger partial charge in [0.15, 0.2) is 5.69 Å². The van der Waals surface area contributed by atoms with E-state index in [-0.39, 0.29) is 5.69 Å². The Labute approximate surface area is 104 Å². The van der Waals surface area contributed by atoms with Crippen molar-refractivity contribution in [3.05, 3.63) is 23.9 Å². The maximum atomic E-state index is 11.0. The molecule has 1 aromatic heterocycles. The van der Waals surface area contributed by atoms with Gasteiger partial charge in [-0.15, -0.1) is 0 Å². The topological polar surface area (TPSA) is 81.2 Å². The summed E-state index contributed by atoms with van der Waals surface area (Å²) in [6, 6.07) is 5.73. The summed E-state index contributed by atoms with van der Waals surface area (Å²) in [5.41, 5.74) is 1.95. The van der Waals surface area contributed by atoms with Gasteiger partial charge in [-0.1, -0.05) is 0 Å². The number of carbonyl (C=O) groups is 1. The molecule has 2 aromatic rings. The molecule has 0 saturated carbocycles. The molecule has 1 aromatic carbocycles. The van der Waals surface area contributed by atoms with Gasteiger partial charge in [0.05, 0.1) is 5.52 Å². The van der Waals surface area contributed by atoms with Gasteiger partial charge in [-0.2, -0.15) is 5.10 Å². The Bertz CT molecular complexity index is 587. The zero-order chi connectivity index (χ0) is 12.5. The van der Waals surface area contributed by atoms with E-state index in [1.54, 1.807) is 0 Å². The van der Waals surface area contributed by atoms with Gasteiger partial charge >= 0.3 is 5.97 Å². The number of aromatic nitrogens is 2. The molecule has 0 radical (unpaired) electrons. The number of carboxylic acids is 1. The number of aromatic amines is 1. The van der Waals surface area contributed by atoms with Crippen LogP contribution in [0.4, 0.5) is 5.69 Å². The Morgan fingerprint density at radius 2 is 2.11 bits per heavy atom. The second-order valence-corrected chi connectivity index (χ2v) is 4.34. The molecular formula is C12H14N4O2. The van der Waals surface area contributed by atoms with E-state index in [0.29, 0.717) is 5.39 Å². The SMILES string of the molecule is O=C(O)c1n[nH]c2cc(N3CCNCC3)ccc12. The number of benzene rings is 1. The minimum absolute atomic E-state index is 0.0804. The first kappa shape index (κ1) is 11.0. The molecule has 1 saturated heterocycles. The summed E-state index contributed by atoms with van der Waals surface area (Å²) < 4.78 is 0. The van der Waals surface area contributed by atoms with E-state index in [9.17, 15) is 4.79 Å². The fourth-order valence-corrected chi connectivity index (χ4v) is 2.29. The molecule has 2 heterocycles. The zero-order valence-electron chi connectivity index (χ0n) is 9.81. The minimum atomic E-state index is -1.00. The van der Waals surface area contributed by atoms with Gasteiger partial charge in [0.2, 0.25) is 0 Å². The number of anilines is 1. The molecule has 6 nitrogen and oxygen atoms in total. The minimum Gasteiger partial charge on any atom is -0.476 e. The van der Waals surface area contributed by atoms with E-state index in [4.69, 9.17) is 5.11 Å². The highest BCUT2D eigenvalue weighted by molar-refractivity contribution is 6.01. The van der Waals surface area contributed by atoms with Crippen molar-refractivity contribution >= 4 is 22.6 Å². The number of aromatic carboxylic acids is 1. The van der Waals surface area contributed by atoms with Crippen LogP contribution in [-0.2, 0) is 0 Å². The summed E-state index contributed by atoms with van der Waals surface area (Å²) in [5.74, 6) is -1.00. The Morgan fingerprint density at radius 3 is 2.83 bits per heavy atom. The third kappa shape index (κ3) is 1.80. The fourth-order valence-electron chi connectivity index (χ4n) is 2.29. The van der Waals surface area contributed by atoms with Crippen molar-refractivity contribution < 1.29 is 9.90 Å². The highest BCUT2D eigenvalue weighted by Crippen LogP contribution is 2.23. The van der Waals surface area contributed by atoms with Crippen LogP contribution in [-0.4, -0.2) is 47.5 Å². The van der Waals surface area contributed by atoms with Crippen LogP contribution in [0.3, 0.4) is 0 Å². The Hall–Kier alpha value is -2.08. The van der Waals surface area contributed by atoms with Crippen LogP contribution in [0.1, 0.15) is 10.5 Å². The number of rotatable bonds is 2. The van der Waals surface area contributed by atoms with Crippen molar-refractivity contribution in [3.8, 4) is 0 Å². The first-order valence-corrected chi connectivity index (χ1v) is 5.93. The van der Waals surface area contributed by atoms with E-state index in [0.717, 1.165) is 37.4 Å². The molecule has 18 heavy (non-hydrogen) atoms. The molecule has 3 rings (SSSR count). The van der Waals surface area contributed by atoms with E-state index in [2.05, 4.69) is 20.4 Å². The van der Waals surface area contributed by atoms with Gasteiger partial charge in [-0.3, -0.25) is 5.10 Å². The fraction of sp³-hybridized carbons (Fsp3) is 0.333. The van der Waals surface area contributed by atoms with Crippen LogP contribution >= 0.6 is 0 Å². The number of nitrogens with zero attached hydrogens (tertiary/aromatic N) is 2. The third-order valence-electron chi connectivity index (χ3n) is 3.23. The lowest BCUT2D eigenvalue weighted by Crippen LogP contribution is -2.43. The predicted molar refractivity (Wildman–Crippen MR) is 68.1 cm³/mol. The van der Waals surface area contributed by atoms with Crippen molar-refractivity contribution in [3.63, 3.8) is 0 Å². The molecule has 1 fully saturated rings. The van der Waals surface area contributed by atoms with Gasteiger partial charge in [-0.05, 0) is 18.2 Å². The quantitative estimate of drug-likeness (QED) is 0.725. The lowest BCUT2D eigenvalue weighted by molar-refractivity contribution is 0.0692. The van der Waals surface area contributed by atoms with Crippen LogP contribution in [0.2, 0.25) is 0 Å². The lowest BCUT2D eigenvalue weighted by Gasteiger charge is -2.29. The maximum Gasteiger partial charge on any atom is 0.357 e. The van der Waals surface area contributed by atoms with Crippen LogP contribution in [0, 0.1) is 0 Å². The summed E-state index contributed by atoms with van der Waals surface area (Å²) in [6.07, 6.45) is 0. The predicted octanol–water partition coefficient (Wildman–Crippen LogP) is 0.671. The van der Waals surface area contributed by atoms with E-state index in [1.165, 1.54) is 0 Å².